The molecule has 0 aromatic carbocycles. The fraction of sp³-hybridized carbons (Fsp3) is 1.00. The van der Waals surface area contributed by atoms with Gasteiger partial charge in [0, 0.05) is 12.6 Å². The highest BCUT2D eigenvalue weighted by molar-refractivity contribution is 4.93. The van der Waals surface area contributed by atoms with Crippen LogP contribution in [0.4, 0.5) is 13.2 Å². The van der Waals surface area contributed by atoms with Crippen molar-refractivity contribution in [2.24, 2.45) is 0 Å². The Labute approximate surface area is 81.7 Å². The first-order chi connectivity index (χ1) is 6.26. The van der Waals surface area contributed by atoms with Crippen LogP contribution in [0.3, 0.4) is 0 Å². The summed E-state index contributed by atoms with van der Waals surface area (Å²) < 4.78 is 37.5. The van der Waals surface area contributed by atoms with Crippen molar-refractivity contribution in [3.8, 4) is 0 Å². The summed E-state index contributed by atoms with van der Waals surface area (Å²) in [6.07, 6.45) is -4.30. The molecule has 5 heteroatoms. The molecule has 1 aliphatic rings. The molecule has 1 N–H and O–H groups in total. The molecular formula is C9H16F3NO. The third-order valence-electron chi connectivity index (χ3n) is 2.76. The summed E-state index contributed by atoms with van der Waals surface area (Å²) in [5, 5.41) is 9.46. The second-order valence-electron chi connectivity index (χ2n) is 4.20. The van der Waals surface area contributed by atoms with E-state index >= 15 is 0 Å². The molecule has 1 rings (SSSR count). The number of hydrogen-bond donors (Lipinski definition) is 1. The Balaban J connectivity index is 2.72. The average Bonchev–Trinajstić information content (AvgIpc) is 2.02. The van der Waals surface area contributed by atoms with E-state index in [0.29, 0.717) is 13.0 Å². The Bertz CT molecular complexity index is 205. The molecule has 0 radical (unpaired) electrons. The summed E-state index contributed by atoms with van der Waals surface area (Å²) in [7, 11) is 0. The largest absolute Gasteiger partial charge is 0.418 e. The summed E-state index contributed by atoms with van der Waals surface area (Å²) in [5.41, 5.74) is -2.50. The topological polar surface area (TPSA) is 23.5 Å². The Morgan fingerprint density at radius 2 is 1.93 bits per heavy atom. The third kappa shape index (κ3) is 2.20. The number of piperidine rings is 1. The lowest BCUT2D eigenvalue weighted by molar-refractivity contribution is -0.275. The van der Waals surface area contributed by atoms with E-state index in [0.717, 1.165) is 0 Å². The number of rotatable bonds is 1. The predicted molar refractivity (Wildman–Crippen MR) is 46.9 cm³/mol. The smallest absolute Gasteiger partial charge is 0.379 e. The monoisotopic (exact) mass is 211 g/mol. The molecule has 0 aromatic heterocycles. The van der Waals surface area contributed by atoms with Gasteiger partial charge in [-0.1, -0.05) is 0 Å². The standard InChI is InChI=1S/C9H16F3NO/c1-7(2)13-5-3-4-8(14,6-13)9(10,11)12/h7,14H,3-6H2,1-2H3. The maximum Gasteiger partial charge on any atom is 0.418 e. The van der Waals surface area contributed by atoms with Gasteiger partial charge in [0.15, 0.2) is 5.60 Å². The number of hydrogen-bond acceptors (Lipinski definition) is 2. The van der Waals surface area contributed by atoms with Crippen molar-refractivity contribution < 1.29 is 18.3 Å². The van der Waals surface area contributed by atoms with E-state index in [4.69, 9.17) is 0 Å². The van der Waals surface area contributed by atoms with Gasteiger partial charge in [-0.05, 0) is 33.2 Å². The zero-order chi connectivity index (χ0) is 11.0. The molecule has 0 amide bonds. The van der Waals surface area contributed by atoms with Crippen LogP contribution >= 0.6 is 0 Å². The predicted octanol–water partition coefficient (Wildman–Crippen LogP) is 1.78. The van der Waals surface area contributed by atoms with Gasteiger partial charge >= 0.3 is 6.18 Å². The molecule has 0 bridgehead atoms. The van der Waals surface area contributed by atoms with E-state index in [2.05, 4.69) is 0 Å². The summed E-state index contributed by atoms with van der Waals surface area (Å²) in [6.45, 7) is 4.01. The van der Waals surface area contributed by atoms with Crippen LogP contribution < -0.4 is 0 Å². The minimum Gasteiger partial charge on any atom is -0.379 e. The Hall–Kier alpha value is -0.290. The summed E-state index contributed by atoms with van der Waals surface area (Å²) in [6, 6.07) is 0.0455. The summed E-state index contributed by atoms with van der Waals surface area (Å²) >= 11 is 0. The Kier molecular flexibility index (Phi) is 3.11. The second-order valence-corrected chi connectivity index (χ2v) is 4.20. The second kappa shape index (κ2) is 3.70. The zero-order valence-corrected chi connectivity index (χ0v) is 8.43. The fourth-order valence-electron chi connectivity index (χ4n) is 1.74. The van der Waals surface area contributed by atoms with Crippen molar-refractivity contribution in [2.45, 2.75) is 44.5 Å². The van der Waals surface area contributed by atoms with Crippen molar-refractivity contribution in [3.63, 3.8) is 0 Å². The Morgan fingerprint density at radius 1 is 1.36 bits per heavy atom. The lowest BCUT2D eigenvalue weighted by Crippen LogP contribution is -2.58. The first kappa shape index (κ1) is 11.8. The zero-order valence-electron chi connectivity index (χ0n) is 8.43. The normalized spacial score (nSPS) is 31.1. The van der Waals surface area contributed by atoms with Gasteiger partial charge in [-0.15, -0.1) is 0 Å². The molecule has 0 aliphatic carbocycles. The number of aliphatic hydroxyl groups is 1. The van der Waals surface area contributed by atoms with Gasteiger partial charge in [0.05, 0.1) is 0 Å². The molecular weight excluding hydrogens is 195 g/mol. The number of alkyl halides is 3. The van der Waals surface area contributed by atoms with E-state index in [9.17, 15) is 18.3 Å². The van der Waals surface area contributed by atoms with Gasteiger partial charge in [0.25, 0.3) is 0 Å². The Morgan fingerprint density at radius 3 is 2.36 bits per heavy atom. The number of β-amino-alcohol motifs (C(OH)–C–C–N with tert-alkyl or cyclic N) is 1. The molecule has 1 atom stereocenters. The van der Waals surface area contributed by atoms with Crippen LogP contribution in [0, 0.1) is 0 Å². The van der Waals surface area contributed by atoms with E-state index < -0.39 is 11.8 Å². The molecule has 14 heavy (non-hydrogen) atoms. The lowest BCUT2D eigenvalue weighted by Gasteiger charge is -2.41. The SMILES string of the molecule is CC(C)N1CCCC(O)(C(F)(F)F)C1. The summed E-state index contributed by atoms with van der Waals surface area (Å²) in [5.74, 6) is 0. The third-order valence-corrected chi connectivity index (χ3v) is 2.76. The van der Waals surface area contributed by atoms with Crippen LogP contribution in [-0.2, 0) is 0 Å². The molecule has 1 heterocycles. The highest BCUT2D eigenvalue weighted by atomic mass is 19.4. The van der Waals surface area contributed by atoms with Gasteiger partial charge in [-0.2, -0.15) is 13.2 Å². The maximum atomic E-state index is 12.5. The highest BCUT2D eigenvalue weighted by Crippen LogP contribution is 2.37. The number of likely N-dealkylation sites (tertiary alicyclic amines) is 1. The highest BCUT2D eigenvalue weighted by Gasteiger charge is 2.55. The molecule has 0 spiro atoms. The van der Waals surface area contributed by atoms with E-state index in [1.165, 1.54) is 0 Å². The summed E-state index contributed by atoms with van der Waals surface area (Å²) in [4.78, 5) is 1.66. The van der Waals surface area contributed by atoms with Crippen molar-refractivity contribution in [1.29, 1.82) is 0 Å². The number of nitrogens with zero attached hydrogens (tertiary/aromatic N) is 1. The lowest BCUT2D eigenvalue weighted by atomic mass is 9.91. The van der Waals surface area contributed by atoms with E-state index in [-0.39, 0.29) is 19.0 Å². The molecule has 1 aliphatic heterocycles. The van der Waals surface area contributed by atoms with Gasteiger partial charge in [-0.25, -0.2) is 0 Å². The van der Waals surface area contributed by atoms with Crippen LogP contribution in [0.1, 0.15) is 26.7 Å². The fourth-order valence-corrected chi connectivity index (χ4v) is 1.74. The van der Waals surface area contributed by atoms with Crippen LogP contribution in [0.5, 0.6) is 0 Å². The van der Waals surface area contributed by atoms with Crippen molar-refractivity contribution in [1.82, 2.24) is 4.90 Å². The van der Waals surface area contributed by atoms with Gasteiger partial charge < -0.3 is 5.11 Å². The van der Waals surface area contributed by atoms with E-state index in [1.807, 2.05) is 13.8 Å². The minimum atomic E-state index is -4.51. The first-order valence-electron chi connectivity index (χ1n) is 4.79. The van der Waals surface area contributed by atoms with Crippen LogP contribution in [-0.4, -0.2) is 40.9 Å². The van der Waals surface area contributed by atoms with Gasteiger partial charge in [0.2, 0.25) is 0 Å². The van der Waals surface area contributed by atoms with Crippen molar-refractivity contribution in [2.75, 3.05) is 13.1 Å². The van der Waals surface area contributed by atoms with Gasteiger partial charge in [-0.3, -0.25) is 4.90 Å². The molecule has 1 saturated heterocycles. The minimum absolute atomic E-state index is 0.0455. The molecule has 2 nitrogen and oxygen atoms in total. The van der Waals surface area contributed by atoms with Gasteiger partial charge in [0.1, 0.15) is 0 Å². The van der Waals surface area contributed by atoms with Crippen LogP contribution in [0.15, 0.2) is 0 Å². The maximum absolute atomic E-state index is 12.5. The van der Waals surface area contributed by atoms with Crippen LogP contribution in [0.2, 0.25) is 0 Å². The molecule has 1 fully saturated rings. The first-order valence-corrected chi connectivity index (χ1v) is 4.79. The molecule has 0 saturated carbocycles. The molecule has 1 unspecified atom stereocenters. The van der Waals surface area contributed by atoms with Crippen LogP contribution in [0.25, 0.3) is 0 Å². The number of halogens is 3. The molecule has 84 valence electrons. The van der Waals surface area contributed by atoms with E-state index in [1.54, 1.807) is 4.90 Å². The quantitative estimate of drug-likeness (QED) is 0.714. The van der Waals surface area contributed by atoms with Crippen molar-refractivity contribution >= 4 is 0 Å². The molecule has 0 aromatic rings. The van der Waals surface area contributed by atoms with Crippen molar-refractivity contribution in [3.05, 3.63) is 0 Å². The average molecular weight is 211 g/mol.